The highest BCUT2D eigenvalue weighted by Crippen LogP contribution is 2.66. The number of fused-ring (bicyclic) bond motifs is 5. The van der Waals surface area contributed by atoms with Gasteiger partial charge in [-0.05, 0) is 93.0 Å². The van der Waals surface area contributed by atoms with Crippen LogP contribution >= 0.6 is 0 Å². The summed E-state index contributed by atoms with van der Waals surface area (Å²) < 4.78 is 0. The van der Waals surface area contributed by atoms with Crippen molar-refractivity contribution in [2.75, 3.05) is 0 Å². The quantitative estimate of drug-likeness (QED) is 0.388. The lowest BCUT2D eigenvalue weighted by Crippen LogP contribution is -2.51. The molecule has 0 radical (unpaired) electrons. The zero-order chi connectivity index (χ0) is 17.8. The zero-order valence-electron chi connectivity index (χ0n) is 15.8. The Balaban J connectivity index is 1.65. The summed E-state index contributed by atoms with van der Waals surface area (Å²) in [6.45, 7) is 6.94. The van der Waals surface area contributed by atoms with Crippen LogP contribution in [-0.2, 0) is 0 Å². The van der Waals surface area contributed by atoms with Crippen molar-refractivity contribution in [2.24, 2.45) is 44.8 Å². The van der Waals surface area contributed by atoms with E-state index in [2.05, 4.69) is 30.2 Å². The molecule has 3 fully saturated rings. The molecule has 4 rings (SSSR count). The minimum atomic E-state index is 0.288. The lowest BCUT2D eigenvalue weighted by molar-refractivity contribution is -0.0410. The van der Waals surface area contributed by atoms with Crippen LogP contribution in [0.3, 0.4) is 0 Å². The Bertz CT molecular complexity index is 652. The second-order valence-electron chi connectivity index (χ2n) is 9.51. The largest absolute Gasteiger partial charge is 0.411 e. The van der Waals surface area contributed by atoms with Gasteiger partial charge >= 0.3 is 0 Å². The van der Waals surface area contributed by atoms with Crippen molar-refractivity contribution < 1.29 is 10.4 Å². The fourth-order valence-corrected chi connectivity index (χ4v) is 7.41. The highest BCUT2D eigenvalue weighted by atomic mass is 16.4. The minimum Gasteiger partial charge on any atom is -0.411 e. The molecule has 3 saturated carbocycles. The summed E-state index contributed by atoms with van der Waals surface area (Å²) in [5, 5.41) is 25.6. The minimum absolute atomic E-state index is 0.288. The van der Waals surface area contributed by atoms with E-state index < -0.39 is 0 Å². The van der Waals surface area contributed by atoms with Crippen molar-refractivity contribution in [1.29, 1.82) is 0 Å². The molecule has 0 heterocycles. The van der Waals surface area contributed by atoms with Crippen molar-refractivity contribution in [1.82, 2.24) is 0 Å². The molecule has 4 aliphatic rings. The summed E-state index contributed by atoms with van der Waals surface area (Å²) in [7, 11) is 0. The van der Waals surface area contributed by atoms with Gasteiger partial charge in [-0.25, -0.2) is 0 Å². The van der Waals surface area contributed by atoms with Crippen molar-refractivity contribution in [2.45, 2.75) is 72.1 Å². The molecule has 0 amide bonds. The third-order valence-corrected chi connectivity index (χ3v) is 8.77. The molecule has 4 nitrogen and oxygen atoms in total. The van der Waals surface area contributed by atoms with Crippen LogP contribution in [0.25, 0.3) is 0 Å². The molecule has 0 spiro atoms. The molecule has 0 aromatic heterocycles. The van der Waals surface area contributed by atoms with Gasteiger partial charge < -0.3 is 10.4 Å². The third-order valence-electron chi connectivity index (χ3n) is 8.77. The van der Waals surface area contributed by atoms with Gasteiger partial charge in [0, 0.05) is 5.92 Å². The molecular formula is C21H32N2O2. The van der Waals surface area contributed by atoms with Gasteiger partial charge in [0.2, 0.25) is 0 Å². The monoisotopic (exact) mass is 344 g/mol. The van der Waals surface area contributed by atoms with Crippen LogP contribution in [0.4, 0.5) is 0 Å². The molecule has 138 valence electrons. The first-order valence-corrected chi connectivity index (χ1v) is 10.0. The van der Waals surface area contributed by atoms with Crippen molar-refractivity contribution >= 4 is 11.4 Å². The summed E-state index contributed by atoms with van der Waals surface area (Å²) in [4.78, 5) is 0. The Morgan fingerprint density at radius 2 is 1.84 bits per heavy atom. The summed E-state index contributed by atoms with van der Waals surface area (Å²) in [6, 6.07) is 0. The standard InChI is InChI=1S/C21H32N2O2/c1-13(22-24)17-6-7-18-16-5-4-14-12-15(23-25)8-10-20(14,2)19(16)9-11-21(17,18)3/h12,16-19,24-25H,4-11H2,1-3H3/b22-13+,23-15-/t16-,17+,18-,19-,20-,21+/m0/s1. The molecular weight excluding hydrogens is 312 g/mol. The van der Waals surface area contributed by atoms with Crippen LogP contribution in [0.15, 0.2) is 22.0 Å². The number of hydrogen-bond donors (Lipinski definition) is 2. The Hall–Kier alpha value is -1.32. The van der Waals surface area contributed by atoms with E-state index in [0.717, 1.165) is 48.4 Å². The van der Waals surface area contributed by atoms with E-state index >= 15 is 0 Å². The molecule has 0 aromatic rings. The summed E-state index contributed by atoms with van der Waals surface area (Å²) >= 11 is 0. The van der Waals surface area contributed by atoms with Gasteiger partial charge in [-0.1, -0.05) is 29.7 Å². The Morgan fingerprint density at radius 3 is 2.56 bits per heavy atom. The van der Waals surface area contributed by atoms with Crippen LogP contribution in [0.2, 0.25) is 0 Å². The predicted octanol–water partition coefficient (Wildman–Crippen LogP) is 5.25. The van der Waals surface area contributed by atoms with Crippen LogP contribution in [0.1, 0.15) is 72.1 Å². The predicted molar refractivity (Wildman–Crippen MR) is 99.3 cm³/mol. The third kappa shape index (κ3) is 2.32. The zero-order valence-corrected chi connectivity index (χ0v) is 15.8. The summed E-state index contributed by atoms with van der Waals surface area (Å²) in [5.41, 5.74) is 3.92. The molecule has 4 heteroatoms. The first-order chi connectivity index (χ1) is 11.9. The Labute approximate surface area is 151 Å². The smallest absolute Gasteiger partial charge is 0.0795 e. The van der Waals surface area contributed by atoms with Gasteiger partial charge in [-0.15, -0.1) is 0 Å². The normalized spacial score (nSPS) is 48.5. The molecule has 0 saturated heterocycles. The fraction of sp³-hybridized carbons (Fsp3) is 0.810. The van der Waals surface area contributed by atoms with Gasteiger partial charge in [0.25, 0.3) is 0 Å². The number of oxime groups is 2. The second-order valence-corrected chi connectivity index (χ2v) is 9.51. The summed E-state index contributed by atoms with van der Waals surface area (Å²) in [6.07, 6.45) is 11.6. The van der Waals surface area contributed by atoms with Crippen molar-refractivity contribution in [3.8, 4) is 0 Å². The van der Waals surface area contributed by atoms with E-state index in [-0.39, 0.29) is 5.41 Å². The van der Waals surface area contributed by atoms with Crippen LogP contribution in [-0.4, -0.2) is 21.8 Å². The lowest BCUT2D eigenvalue weighted by atomic mass is 9.46. The highest BCUT2D eigenvalue weighted by Gasteiger charge is 2.59. The van der Waals surface area contributed by atoms with Gasteiger partial charge in [-0.3, -0.25) is 0 Å². The van der Waals surface area contributed by atoms with Gasteiger partial charge in [0.15, 0.2) is 0 Å². The lowest BCUT2D eigenvalue weighted by Gasteiger charge is -2.58. The number of hydrogen-bond acceptors (Lipinski definition) is 4. The van der Waals surface area contributed by atoms with E-state index in [9.17, 15) is 10.4 Å². The average Bonchev–Trinajstić information content (AvgIpc) is 2.97. The molecule has 25 heavy (non-hydrogen) atoms. The van der Waals surface area contributed by atoms with Gasteiger partial charge in [0.05, 0.1) is 11.4 Å². The van der Waals surface area contributed by atoms with E-state index in [1.165, 1.54) is 37.7 Å². The van der Waals surface area contributed by atoms with E-state index in [0.29, 0.717) is 11.3 Å². The van der Waals surface area contributed by atoms with Crippen LogP contribution in [0.5, 0.6) is 0 Å². The summed E-state index contributed by atoms with van der Waals surface area (Å²) in [5.74, 6) is 2.77. The Morgan fingerprint density at radius 1 is 1.04 bits per heavy atom. The highest BCUT2D eigenvalue weighted by molar-refractivity contribution is 5.96. The fourth-order valence-electron chi connectivity index (χ4n) is 7.41. The molecule has 0 aliphatic heterocycles. The maximum atomic E-state index is 9.32. The van der Waals surface area contributed by atoms with E-state index in [1.807, 2.05) is 6.92 Å². The van der Waals surface area contributed by atoms with Crippen LogP contribution in [0, 0.1) is 34.5 Å². The topological polar surface area (TPSA) is 65.2 Å². The maximum absolute atomic E-state index is 9.32. The molecule has 0 bridgehead atoms. The molecule has 0 aromatic carbocycles. The molecule has 6 atom stereocenters. The number of nitrogens with zero attached hydrogens (tertiary/aromatic N) is 2. The van der Waals surface area contributed by atoms with Crippen molar-refractivity contribution in [3.63, 3.8) is 0 Å². The second kappa shape index (κ2) is 5.85. The first kappa shape index (κ1) is 17.1. The first-order valence-electron chi connectivity index (χ1n) is 10.0. The maximum Gasteiger partial charge on any atom is 0.0795 e. The van der Waals surface area contributed by atoms with Gasteiger partial charge in [0.1, 0.15) is 0 Å². The molecule has 2 N–H and O–H groups in total. The van der Waals surface area contributed by atoms with Crippen molar-refractivity contribution in [3.05, 3.63) is 11.6 Å². The van der Waals surface area contributed by atoms with E-state index in [4.69, 9.17) is 0 Å². The number of allylic oxidation sites excluding steroid dienone is 2. The molecule has 4 aliphatic carbocycles. The van der Waals surface area contributed by atoms with Crippen LogP contribution < -0.4 is 0 Å². The number of rotatable bonds is 1. The van der Waals surface area contributed by atoms with E-state index in [1.54, 1.807) is 0 Å². The molecule has 0 unspecified atom stereocenters. The van der Waals surface area contributed by atoms with Gasteiger partial charge in [-0.2, -0.15) is 0 Å². The SMILES string of the molecule is C/C(=N\O)[C@H]1CC[C@H]2[C@@H]3CCC4=C/C(=N\O)CC[C@]4(C)[C@H]3CC[C@]12C. The average molecular weight is 344 g/mol. The Kier molecular flexibility index (Phi) is 4.01.